The van der Waals surface area contributed by atoms with Crippen molar-refractivity contribution in [2.45, 2.75) is 0 Å². The first kappa shape index (κ1) is 11.0. The maximum atomic E-state index is 12.1. The average Bonchev–Trinajstić information content (AvgIpc) is 2.84. The number of hydrogen-bond donors (Lipinski definition) is 0. The monoisotopic (exact) mass is 257 g/mol. The summed E-state index contributed by atoms with van der Waals surface area (Å²) in [5, 5.41) is 1.30. The molecule has 0 bridgehead atoms. The van der Waals surface area contributed by atoms with Crippen LogP contribution in [0.5, 0.6) is 0 Å². The van der Waals surface area contributed by atoms with Gasteiger partial charge in [0.15, 0.2) is 5.76 Å². The molecule has 18 heavy (non-hydrogen) atoms. The Morgan fingerprint density at radius 1 is 1.17 bits per heavy atom. The van der Waals surface area contributed by atoms with Crippen molar-refractivity contribution in [1.82, 2.24) is 4.98 Å². The molecule has 88 valence electrons. The van der Waals surface area contributed by atoms with Gasteiger partial charge in [-0.05, 0) is 30.3 Å². The molecule has 1 aromatic carbocycles. The quantitative estimate of drug-likeness (QED) is 0.657. The van der Waals surface area contributed by atoms with Crippen molar-refractivity contribution in [3.8, 4) is 0 Å². The predicted molar refractivity (Wildman–Crippen MR) is 68.9 cm³/mol. The van der Waals surface area contributed by atoms with E-state index in [1.165, 1.54) is 0 Å². The Balaban J connectivity index is 2.10. The van der Waals surface area contributed by atoms with Crippen molar-refractivity contribution < 1.29 is 9.21 Å². The number of halogens is 1. The van der Waals surface area contributed by atoms with Crippen LogP contribution in [0, 0.1) is 0 Å². The zero-order valence-electron chi connectivity index (χ0n) is 9.26. The lowest BCUT2D eigenvalue weighted by molar-refractivity contribution is 0.101. The molecule has 2 heterocycles. The SMILES string of the molecule is O=C(c1ccccn1)c1cc2c(Cl)cccc2o1. The Kier molecular flexibility index (Phi) is 2.61. The molecule has 0 amide bonds. The number of benzene rings is 1. The Morgan fingerprint density at radius 2 is 2.06 bits per heavy atom. The molecule has 0 N–H and O–H groups in total. The summed E-state index contributed by atoms with van der Waals surface area (Å²) in [6.07, 6.45) is 1.57. The van der Waals surface area contributed by atoms with Gasteiger partial charge < -0.3 is 4.42 Å². The van der Waals surface area contributed by atoms with E-state index in [1.54, 1.807) is 48.7 Å². The Hall–Kier alpha value is -2.13. The average molecular weight is 258 g/mol. The first-order valence-electron chi connectivity index (χ1n) is 5.39. The van der Waals surface area contributed by atoms with Crippen LogP contribution in [0.1, 0.15) is 16.2 Å². The van der Waals surface area contributed by atoms with Gasteiger partial charge in [-0.2, -0.15) is 0 Å². The predicted octanol–water partition coefficient (Wildman–Crippen LogP) is 3.71. The van der Waals surface area contributed by atoms with Gasteiger partial charge in [-0.15, -0.1) is 0 Å². The van der Waals surface area contributed by atoms with E-state index in [9.17, 15) is 4.79 Å². The number of carbonyl (C=O) groups is 1. The molecule has 0 fully saturated rings. The van der Waals surface area contributed by atoms with Crippen LogP contribution in [-0.2, 0) is 0 Å². The number of aromatic nitrogens is 1. The lowest BCUT2D eigenvalue weighted by Gasteiger charge is -1.94. The summed E-state index contributed by atoms with van der Waals surface area (Å²) < 4.78 is 5.49. The normalized spacial score (nSPS) is 10.7. The summed E-state index contributed by atoms with van der Waals surface area (Å²) in [5.74, 6) is -0.000309. The second kappa shape index (κ2) is 4.27. The molecule has 0 unspecified atom stereocenters. The van der Waals surface area contributed by atoms with Crippen molar-refractivity contribution >= 4 is 28.4 Å². The van der Waals surface area contributed by atoms with Gasteiger partial charge in [-0.25, -0.2) is 0 Å². The molecule has 0 saturated heterocycles. The third-order valence-corrected chi connectivity index (χ3v) is 2.96. The van der Waals surface area contributed by atoms with E-state index in [-0.39, 0.29) is 11.5 Å². The van der Waals surface area contributed by atoms with Gasteiger partial charge >= 0.3 is 0 Å². The fourth-order valence-corrected chi connectivity index (χ4v) is 1.98. The third-order valence-electron chi connectivity index (χ3n) is 2.63. The summed E-state index contributed by atoms with van der Waals surface area (Å²) in [5.41, 5.74) is 0.953. The summed E-state index contributed by atoms with van der Waals surface area (Å²) in [6, 6.07) is 12.1. The van der Waals surface area contributed by atoms with Gasteiger partial charge in [0.25, 0.3) is 0 Å². The minimum atomic E-state index is -0.247. The van der Waals surface area contributed by atoms with Crippen molar-refractivity contribution in [1.29, 1.82) is 0 Å². The van der Waals surface area contributed by atoms with E-state index in [1.807, 2.05) is 0 Å². The van der Waals surface area contributed by atoms with Crippen LogP contribution < -0.4 is 0 Å². The first-order valence-corrected chi connectivity index (χ1v) is 5.77. The lowest BCUT2D eigenvalue weighted by atomic mass is 10.2. The molecule has 4 heteroatoms. The van der Waals surface area contributed by atoms with E-state index in [4.69, 9.17) is 16.0 Å². The van der Waals surface area contributed by atoms with Crippen molar-refractivity contribution in [2.24, 2.45) is 0 Å². The molecule has 3 nitrogen and oxygen atoms in total. The number of pyridine rings is 1. The fraction of sp³-hybridized carbons (Fsp3) is 0. The van der Waals surface area contributed by atoms with Crippen molar-refractivity contribution in [3.05, 3.63) is 65.1 Å². The van der Waals surface area contributed by atoms with Crippen molar-refractivity contribution in [2.75, 3.05) is 0 Å². The van der Waals surface area contributed by atoms with Gasteiger partial charge in [0.1, 0.15) is 11.3 Å². The van der Waals surface area contributed by atoms with Crippen LogP contribution >= 0.6 is 11.6 Å². The topological polar surface area (TPSA) is 43.1 Å². The van der Waals surface area contributed by atoms with E-state index in [0.717, 1.165) is 5.39 Å². The number of nitrogens with zero attached hydrogens (tertiary/aromatic N) is 1. The van der Waals surface area contributed by atoms with E-state index in [0.29, 0.717) is 16.3 Å². The largest absolute Gasteiger partial charge is 0.452 e. The van der Waals surface area contributed by atoms with Crippen LogP contribution in [0.25, 0.3) is 11.0 Å². The van der Waals surface area contributed by atoms with E-state index in [2.05, 4.69) is 4.98 Å². The van der Waals surface area contributed by atoms with Crippen LogP contribution in [0.4, 0.5) is 0 Å². The van der Waals surface area contributed by atoms with Crippen LogP contribution in [-0.4, -0.2) is 10.8 Å². The molecule has 0 atom stereocenters. The Morgan fingerprint density at radius 3 is 2.78 bits per heavy atom. The molecule has 3 aromatic rings. The zero-order chi connectivity index (χ0) is 12.5. The lowest BCUT2D eigenvalue weighted by Crippen LogP contribution is -2.01. The molecule has 3 rings (SSSR count). The highest BCUT2D eigenvalue weighted by molar-refractivity contribution is 6.35. The highest BCUT2D eigenvalue weighted by atomic mass is 35.5. The van der Waals surface area contributed by atoms with Crippen molar-refractivity contribution in [3.63, 3.8) is 0 Å². The molecule has 2 aromatic heterocycles. The molecule has 0 aliphatic carbocycles. The van der Waals surface area contributed by atoms with Gasteiger partial charge in [0.05, 0.1) is 5.02 Å². The first-order chi connectivity index (χ1) is 8.75. The van der Waals surface area contributed by atoms with Crippen LogP contribution in [0.2, 0.25) is 5.02 Å². The number of ketones is 1. The fourth-order valence-electron chi connectivity index (χ4n) is 1.76. The second-order valence-electron chi connectivity index (χ2n) is 3.81. The smallest absolute Gasteiger partial charge is 0.246 e. The minimum Gasteiger partial charge on any atom is -0.452 e. The molecular formula is C14H8ClNO2. The van der Waals surface area contributed by atoms with Gasteiger partial charge in [-0.1, -0.05) is 23.7 Å². The summed E-state index contributed by atoms with van der Waals surface area (Å²) in [6.45, 7) is 0. The second-order valence-corrected chi connectivity index (χ2v) is 4.21. The summed E-state index contributed by atoms with van der Waals surface area (Å²) >= 11 is 6.03. The zero-order valence-corrected chi connectivity index (χ0v) is 10.0. The summed E-state index contributed by atoms with van der Waals surface area (Å²) in [7, 11) is 0. The number of carbonyl (C=O) groups excluding carboxylic acids is 1. The molecule has 0 radical (unpaired) electrons. The minimum absolute atomic E-state index is 0.247. The molecule has 0 aliphatic rings. The number of hydrogen-bond acceptors (Lipinski definition) is 3. The number of fused-ring (bicyclic) bond motifs is 1. The molecule has 0 spiro atoms. The maximum absolute atomic E-state index is 12.1. The van der Waals surface area contributed by atoms with E-state index < -0.39 is 0 Å². The van der Waals surface area contributed by atoms with E-state index >= 15 is 0 Å². The van der Waals surface area contributed by atoms with Gasteiger partial charge in [0, 0.05) is 11.6 Å². The Labute approximate surface area is 108 Å². The van der Waals surface area contributed by atoms with Crippen LogP contribution in [0.3, 0.4) is 0 Å². The molecular weight excluding hydrogens is 250 g/mol. The van der Waals surface area contributed by atoms with Crippen LogP contribution in [0.15, 0.2) is 53.1 Å². The highest BCUT2D eigenvalue weighted by Gasteiger charge is 2.16. The third kappa shape index (κ3) is 1.79. The van der Waals surface area contributed by atoms with Gasteiger partial charge in [-0.3, -0.25) is 9.78 Å². The standard InChI is InChI=1S/C14H8ClNO2/c15-10-4-3-6-12-9(10)8-13(18-12)14(17)11-5-1-2-7-16-11/h1-8H. The Bertz CT molecular complexity index is 719. The highest BCUT2D eigenvalue weighted by Crippen LogP contribution is 2.27. The maximum Gasteiger partial charge on any atom is 0.246 e. The molecule has 0 saturated carbocycles. The number of rotatable bonds is 2. The van der Waals surface area contributed by atoms with Gasteiger partial charge in [0.2, 0.25) is 5.78 Å². The molecule has 0 aliphatic heterocycles. The number of furan rings is 1. The summed E-state index contributed by atoms with van der Waals surface area (Å²) in [4.78, 5) is 16.1.